The third kappa shape index (κ3) is 1.56. The molecule has 1 unspecified atom stereocenters. The number of carbonyl (C=O) groups excluding carboxylic acids is 1. The van der Waals surface area contributed by atoms with Crippen LogP contribution >= 0.6 is 0 Å². The second kappa shape index (κ2) is 3.63. The number of anilines is 1. The average Bonchev–Trinajstić information content (AvgIpc) is 2.23. The van der Waals surface area contributed by atoms with Gasteiger partial charge in [0.1, 0.15) is 5.92 Å². The monoisotopic (exact) mass is 219 g/mol. The lowest BCUT2D eigenvalue weighted by atomic mass is 9.88. The molecule has 4 heteroatoms. The SMILES string of the molecule is Cc1ccc2c(c1C)CC(C(=O)O)C(=O)N2. The van der Waals surface area contributed by atoms with Gasteiger partial charge in [-0.05, 0) is 43.0 Å². The molecule has 0 bridgehead atoms. The maximum absolute atomic E-state index is 11.5. The van der Waals surface area contributed by atoms with Gasteiger partial charge in [0.15, 0.2) is 0 Å². The lowest BCUT2D eigenvalue weighted by Gasteiger charge is -2.24. The number of aliphatic carboxylic acids is 1. The molecular weight excluding hydrogens is 206 g/mol. The van der Waals surface area contributed by atoms with Crippen LogP contribution in [0.15, 0.2) is 12.1 Å². The second-order valence-corrected chi connectivity index (χ2v) is 4.12. The van der Waals surface area contributed by atoms with E-state index in [2.05, 4.69) is 5.32 Å². The number of amides is 1. The maximum atomic E-state index is 11.5. The van der Waals surface area contributed by atoms with Crippen LogP contribution in [0.2, 0.25) is 0 Å². The Morgan fingerprint density at radius 3 is 2.75 bits per heavy atom. The Hall–Kier alpha value is -1.84. The van der Waals surface area contributed by atoms with Gasteiger partial charge in [-0.1, -0.05) is 6.07 Å². The van der Waals surface area contributed by atoms with Gasteiger partial charge < -0.3 is 10.4 Å². The van der Waals surface area contributed by atoms with Crippen molar-refractivity contribution in [2.45, 2.75) is 20.3 Å². The number of carboxylic acids is 1. The highest BCUT2D eigenvalue weighted by atomic mass is 16.4. The molecule has 1 aliphatic heterocycles. The first-order valence-electron chi connectivity index (χ1n) is 5.13. The fourth-order valence-corrected chi connectivity index (χ4v) is 1.97. The molecule has 4 nitrogen and oxygen atoms in total. The van der Waals surface area contributed by atoms with E-state index in [1.165, 1.54) is 0 Å². The summed E-state index contributed by atoms with van der Waals surface area (Å²) in [4.78, 5) is 22.4. The summed E-state index contributed by atoms with van der Waals surface area (Å²) in [7, 11) is 0. The van der Waals surface area contributed by atoms with Crippen molar-refractivity contribution < 1.29 is 14.7 Å². The van der Waals surface area contributed by atoms with E-state index in [0.717, 1.165) is 22.4 Å². The fourth-order valence-electron chi connectivity index (χ4n) is 1.97. The highest BCUT2D eigenvalue weighted by molar-refractivity contribution is 6.06. The van der Waals surface area contributed by atoms with Gasteiger partial charge in [0.2, 0.25) is 5.91 Å². The molecule has 1 atom stereocenters. The third-order valence-corrected chi connectivity index (χ3v) is 3.15. The molecular formula is C12H13NO3. The minimum Gasteiger partial charge on any atom is -0.481 e. The lowest BCUT2D eigenvalue weighted by Crippen LogP contribution is -2.35. The average molecular weight is 219 g/mol. The van der Waals surface area contributed by atoms with E-state index in [0.29, 0.717) is 0 Å². The normalized spacial score (nSPS) is 18.9. The Bertz CT molecular complexity index is 479. The van der Waals surface area contributed by atoms with E-state index in [-0.39, 0.29) is 6.42 Å². The zero-order chi connectivity index (χ0) is 11.9. The summed E-state index contributed by atoms with van der Waals surface area (Å²) in [6.45, 7) is 3.92. The van der Waals surface area contributed by atoms with E-state index in [1.807, 2.05) is 26.0 Å². The van der Waals surface area contributed by atoms with Gasteiger partial charge in [0.05, 0.1) is 0 Å². The molecule has 0 fully saturated rings. The van der Waals surface area contributed by atoms with Crippen LogP contribution in [0.25, 0.3) is 0 Å². The Balaban J connectivity index is 2.48. The van der Waals surface area contributed by atoms with Crippen molar-refractivity contribution in [1.82, 2.24) is 0 Å². The lowest BCUT2D eigenvalue weighted by molar-refractivity contribution is -0.145. The molecule has 0 spiro atoms. The van der Waals surface area contributed by atoms with Crippen LogP contribution in [0.4, 0.5) is 5.69 Å². The molecule has 16 heavy (non-hydrogen) atoms. The van der Waals surface area contributed by atoms with Gasteiger partial charge >= 0.3 is 5.97 Å². The van der Waals surface area contributed by atoms with Crippen molar-refractivity contribution in [2.24, 2.45) is 5.92 Å². The van der Waals surface area contributed by atoms with Crippen LogP contribution in [0, 0.1) is 19.8 Å². The minimum atomic E-state index is -1.07. The standard InChI is InChI=1S/C12H13NO3/c1-6-3-4-10-8(7(6)2)5-9(12(15)16)11(14)13-10/h3-4,9H,5H2,1-2H3,(H,13,14)(H,15,16). The number of hydrogen-bond acceptors (Lipinski definition) is 2. The van der Waals surface area contributed by atoms with Gasteiger partial charge in [0.25, 0.3) is 0 Å². The second-order valence-electron chi connectivity index (χ2n) is 4.12. The number of hydrogen-bond donors (Lipinski definition) is 2. The number of nitrogens with one attached hydrogen (secondary N) is 1. The van der Waals surface area contributed by atoms with Crippen molar-refractivity contribution in [2.75, 3.05) is 5.32 Å². The predicted octanol–water partition coefficient (Wildman–Crippen LogP) is 1.50. The minimum absolute atomic E-state index is 0.282. The molecule has 1 aromatic carbocycles. The maximum Gasteiger partial charge on any atom is 0.316 e. The molecule has 84 valence electrons. The third-order valence-electron chi connectivity index (χ3n) is 3.15. The summed E-state index contributed by atoms with van der Waals surface area (Å²) in [6, 6.07) is 3.75. The Kier molecular flexibility index (Phi) is 2.42. The number of carboxylic acid groups (broad SMARTS) is 1. The van der Waals surface area contributed by atoms with E-state index < -0.39 is 17.8 Å². The molecule has 0 radical (unpaired) electrons. The molecule has 2 N–H and O–H groups in total. The van der Waals surface area contributed by atoms with Crippen molar-refractivity contribution in [1.29, 1.82) is 0 Å². The first-order chi connectivity index (χ1) is 7.50. The number of fused-ring (bicyclic) bond motifs is 1. The molecule has 0 aliphatic carbocycles. The largest absolute Gasteiger partial charge is 0.481 e. The van der Waals surface area contributed by atoms with Gasteiger partial charge in [-0.25, -0.2) is 0 Å². The quantitative estimate of drug-likeness (QED) is 0.703. The first-order valence-corrected chi connectivity index (χ1v) is 5.13. The number of carbonyl (C=O) groups is 2. The molecule has 1 amide bonds. The van der Waals surface area contributed by atoms with Gasteiger partial charge in [0, 0.05) is 5.69 Å². The van der Waals surface area contributed by atoms with Gasteiger partial charge in [-0.3, -0.25) is 9.59 Å². The van der Waals surface area contributed by atoms with Crippen LogP contribution in [0.5, 0.6) is 0 Å². The molecule has 1 aromatic rings. The van der Waals surface area contributed by atoms with Crippen LogP contribution in [-0.2, 0) is 16.0 Å². The van der Waals surface area contributed by atoms with Crippen molar-refractivity contribution in [3.05, 3.63) is 28.8 Å². The van der Waals surface area contributed by atoms with Crippen LogP contribution in [0.1, 0.15) is 16.7 Å². The Labute approximate surface area is 93.3 Å². The highest BCUT2D eigenvalue weighted by Crippen LogP contribution is 2.30. The summed E-state index contributed by atoms with van der Waals surface area (Å²) in [5, 5.41) is 11.6. The first kappa shape index (κ1) is 10.7. The summed E-state index contributed by atoms with van der Waals surface area (Å²) in [5.41, 5.74) is 3.85. The molecule has 0 saturated carbocycles. The van der Waals surface area contributed by atoms with Crippen LogP contribution in [0.3, 0.4) is 0 Å². The summed E-state index contributed by atoms with van der Waals surface area (Å²) < 4.78 is 0. The summed E-state index contributed by atoms with van der Waals surface area (Å²) in [5.74, 6) is -2.46. The predicted molar refractivity (Wildman–Crippen MR) is 59.4 cm³/mol. The van der Waals surface area contributed by atoms with Crippen LogP contribution in [-0.4, -0.2) is 17.0 Å². The zero-order valence-electron chi connectivity index (χ0n) is 9.20. The topological polar surface area (TPSA) is 66.4 Å². The van der Waals surface area contributed by atoms with Crippen LogP contribution < -0.4 is 5.32 Å². The van der Waals surface area contributed by atoms with E-state index in [1.54, 1.807) is 0 Å². The van der Waals surface area contributed by atoms with Gasteiger partial charge in [-0.2, -0.15) is 0 Å². The van der Waals surface area contributed by atoms with Crippen molar-refractivity contribution in [3.63, 3.8) is 0 Å². The summed E-state index contributed by atoms with van der Waals surface area (Å²) >= 11 is 0. The molecule has 0 saturated heterocycles. The number of rotatable bonds is 1. The fraction of sp³-hybridized carbons (Fsp3) is 0.333. The van der Waals surface area contributed by atoms with Crippen molar-refractivity contribution >= 4 is 17.6 Å². The van der Waals surface area contributed by atoms with E-state index >= 15 is 0 Å². The smallest absolute Gasteiger partial charge is 0.316 e. The highest BCUT2D eigenvalue weighted by Gasteiger charge is 2.32. The summed E-state index contributed by atoms with van der Waals surface area (Å²) in [6.07, 6.45) is 0.282. The van der Waals surface area contributed by atoms with E-state index in [9.17, 15) is 9.59 Å². The van der Waals surface area contributed by atoms with Crippen molar-refractivity contribution in [3.8, 4) is 0 Å². The molecule has 2 rings (SSSR count). The number of benzene rings is 1. The zero-order valence-corrected chi connectivity index (χ0v) is 9.20. The molecule has 1 heterocycles. The van der Waals surface area contributed by atoms with Gasteiger partial charge in [-0.15, -0.1) is 0 Å². The Morgan fingerprint density at radius 2 is 2.12 bits per heavy atom. The molecule has 1 aliphatic rings. The molecule has 0 aromatic heterocycles. The Morgan fingerprint density at radius 1 is 1.44 bits per heavy atom. The van der Waals surface area contributed by atoms with E-state index in [4.69, 9.17) is 5.11 Å². The number of aryl methyl sites for hydroxylation is 1.